The molecule has 0 fully saturated rings. The molecule has 0 aliphatic carbocycles. The summed E-state index contributed by atoms with van der Waals surface area (Å²) >= 11 is 11.3. The van der Waals surface area contributed by atoms with Gasteiger partial charge >= 0.3 is 0 Å². The number of anilines is 1. The van der Waals surface area contributed by atoms with Gasteiger partial charge in [-0.1, -0.05) is 35.9 Å². The second kappa shape index (κ2) is 8.03. The van der Waals surface area contributed by atoms with Crippen LogP contribution in [0.3, 0.4) is 0 Å². The van der Waals surface area contributed by atoms with Crippen molar-refractivity contribution in [2.45, 2.75) is 6.92 Å². The second-order valence-corrected chi connectivity index (χ2v) is 7.27. The largest absolute Gasteiger partial charge is 0.436 e. The Bertz CT molecular complexity index is 1240. The van der Waals surface area contributed by atoms with E-state index < -0.39 is 0 Å². The number of fused-ring (bicyclic) bond motifs is 1. The van der Waals surface area contributed by atoms with E-state index in [4.69, 9.17) is 28.2 Å². The van der Waals surface area contributed by atoms with Crippen LogP contribution in [0.25, 0.3) is 22.6 Å². The van der Waals surface area contributed by atoms with Crippen molar-refractivity contribution in [3.8, 4) is 11.5 Å². The van der Waals surface area contributed by atoms with Gasteiger partial charge < -0.3 is 9.73 Å². The van der Waals surface area contributed by atoms with E-state index in [0.717, 1.165) is 22.2 Å². The Labute approximate surface area is 177 Å². The number of benzene rings is 3. The van der Waals surface area contributed by atoms with Gasteiger partial charge in [-0.2, -0.15) is 0 Å². The number of carbonyl (C=O) groups excluding carboxylic acids is 1. The highest BCUT2D eigenvalue weighted by molar-refractivity contribution is 7.80. The molecule has 4 rings (SSSR count). The van der Waals surface area contributed by atoms with Crippen LogP contribution in [0.5, 0.6) is 0 Å². The Balaban J connectivity index is 1.50. The molecule has 5 nitrogen and oxygen atoms in total. The van der Waals surface area contributed by atoms with Gasteiger partial charge in [0, 0.05) is 11.3 Å². The number of hydrogen-bond donors (Lipinski definition) is 2. The molecule has 1 aromatic heterocycles. The Morgan fingerprint density at radius 2 is 1.90 bits per heavy atom. The van der Waals surface area contributed by atoms with Gasteiger partial charge in [-0.25, -0.2) is 4.98 Å². The Morgan fingerprint density at radius 1 is 1.07 bits per heavy atom. The summed E-state index contributed by atoms with van der Waals surface area (Å²) in [4.78, 5) is 16.9. The molecule has 0 saturated carbocycles. The maximum absolute atomic E-state index is 12.3. The zero-order chi connectivity index (χ0) is 20.4. The van der Waals surface area contributed by atoms with Crippen LogP contribution in [-0.2, 0) is 0 Å². The number of aryl methyl sites for hydroxylation is 1. The number of hydrogen-bond acceptors (Lipinski definition) is 4. The third-order valence-corrected chi connectivity index (χ3v) is 4.79. The highest BCUT2D eigenvalue weighted by atomic mass is 35.5. The van der Waals surface area contributed by atoms with E-state index in [-0.39, 0.29) is 11.0 Å². The summed E-state index contributed by atoms with van der Waals surface area (Å²) in [5.41, 5.74) is 4.50. The number of thiocarbonyl (C=S) groups is 1. The topological polar surface area (TPSA) is 67.2 Å². The van der Waals surface area contributed by atoms with Crippen LogP contribution in [0, 0.1) is 6.92 Å². The average Bonchev–Trinajstić information content (AvgIpc) is 3.11. The van der Waals surface area contributed by atoms with Crippen LogP contribution in [-0.4, -0.2) is 16.0 Å². The maximum Gasteiger partial charge on any atom is 0.258 e. The number of aromatic nitrogens is 1. The van der Waals surface area contributed by atoms with Crippen molar-refractivity contribution < 1.29 is 9.21 Å². The van der Waals surface area contributed by atoms with E-state index in [9.17, 15) is 4.79 Å². The minimum Gasteiger partial charge on any atom is -0.436 e. The first-order valence-electron chi connectivity index (χ1n) is 8.84. The van der Waals surface area contributed by atoms with Gasteiger partial charge in [0.15, 0.2) is 10.7 Å². The van der Waals surface area contributed by atoms with E-state index in [1.165, 1.54) is 0 Å². The first kappa shape index (κ1) is 19.1. The number of nitrogens with zero attached hydrogens (tertiary/aromatic N) is 1. The third-order valence-electron chi connectivity index (χ3n) is 4.26. The first-order chi connectivity index (χ1) is 14.0. The molecule has 0 spiro atoms. The quantitative estimate of drug-likeness (QED) is 0.422. The minimum atomic E-state index is -0.376. The summed E-state index contributed by atoms with van der Waals surface area (Å²) in [5.74, 6) is 0.138. The molecule has 0 unspecified atom stereocenters. The van der Waals surface area contributed by atoms with Crippen LogP contribution < -0.4 is 10.6 Å². The van der Waals surface area contributed by atoms with E-state index in [1.54, 1.807) is 24.3 Å². The van der Waals surface area contributed by atoms with Gasteiger partial charge in [-0.15, -0.1) is 0 Å². The molecule has 0 atom stereocenters. The molecule has 3 aromatic carbocycles. The molecule has 0 aliphatic heterocycles. The number of amides is 1. The van der Waals surface area contributed by atoms with Gasteiger partial charge in [-0.3, -0.25) is 10.1 Å². The Hall–Kier alpha value is -3.22. The number of rotatable bonds is 3. The van der Waals surface area contributed by atoms with Crippen LogP contribution in [0.4, 0.5) is 5.69 Å². The lowest BCUT2D eigenvalue weighted by Gasteiger charge is -2.10. The highest BCUT2D eigenvalue weighted by Crippen LogP contribution is 2.26. The summed E-state index contributed by atoms with van der Waals surface area (Å²) in [6, 6.07) is 20.1. The third kappa shape index (κ3) is 4.29. The van der Waals surface area contributed by atoms with Crippen LogP contribution in [0.1, 0.15) is 15.9 Å². The number of halogens is 1. The molecule has 4 aromatic rings. The number of carbonyl (C=O) groups is 1. The lowest BCUT2D eigenvalue weighted by Crippen LogP contribution is -2.34. The summed E-state index contributed by atoms with van der Waals surface area (Å²) in [7, 11) is 0. The maximum atomic E-state index is 12.3. The predicted octanol–water partition coefficient (Wildman–Crippen LogP) is 5.58. The summed E-state index contributed by atoms with van der Waals surface area (Å²) in [5, 5.41) is 6.16. The Kier molecular flexibility index (Phi) is 5.29. The highest BCUT2D eigenvalue weighted by Gasteiger charge is 2.12. The average molecular weight is 422 g/mol. The molecule has 144 valence electrons. The fourth-order valence-corrected chi connectivity index (χ4v) is 3.30. The predicted molar refractivity (Wildman–Crippen MR) is 119 cm³/mol. The zero-order valence-electron chi connectivity index (χ0n) is 15.4. The second-order valence-electron chi connectivity index (χ2n) is 6.46. The summed E-state index contributed by atoms with van der Waals surface area (Å²) < 4.78 is 5.85. The molecule has 2 N–H and O–H groups in total. The molecular weight excluding hydrogens is 406 g/mol. The van der Waals surface area contributed by atoms with Crippen molar-refractivity contribution in [1.29, 1.82) is 0 Å². The molecule has 1 heterocycles. The van der Waals surface area contributed by atoms with E-state index >= 15 is 0 Å². The van der Waals surface area contributed by atoms with Crippen LogP contribution >= 0.6 is 23.8 Å². The fourth-order valence-electron chi connectivity index (χ4n) is 2.87. The van der Waals surface area contributed by atoms with Crippen molar-refractivity contribution in [3.63, 3.8) is 0 Å². The smallest absolute Gasteiger partial charge is 0.258 e. The van der Waals surface area contributed by atoms with E-state index in [2.05, 4.69) is 15.6 Å². The molecular formula is C22H16ClN3O2S. The molecule has 0 bridgehead atoms. The molecule has 1 amide bonds. The van der Waals surface area contributed by atoms with E-state index in [0.29, 0.717) is 22.2 Å². The normalized spacial score (nSPS) is 10.7. The molecule has 7 heteroatoms. The fraction of sp³-hybridized carbons (Fsp3) is 0.0455. The molecule has 0 radical (unpaired) electrons. The van der Waals surface area contributed by atoms with Gasteiger partial charge in [-0.05, 0) is 67.2 Å². The summed E-state index contributed by atoms with van der Waals surface area (Å²) in [6.45, 7) is 2.01. The van der Waals surface area contributed by atoms with Crippen molar-refractivity contribution in [1.82, 2.24) is 10.3 Å². The van der Waals surface area contributed by atoms with Crippen molar-refractivity contribution in [2.24, 2.45) is 0 Å². The minimum absolute atomic E-state index is 0.167. The summed E-state index contributed by atoms with van der Waals surface area (Å²) in [6.07, 6.45) is 0. The van der Waals surface area contributed by atoms with E-state index in [1.807, 2.05) is 49.4 Å². The lowest BCUT2D eigenvalue weighted by molar-refractivity contribution is 0.0978. The molecule has 0 aliphatic rings. The molecule has 0 saturated heterocycles. The van der Waals surface area contributed by atoms with Gasteiger partial charge in [0.1, 0.15) is 5.52 Å². The van der Waals surface area contributed by atoms with Crippen molar-refractivity contribution in [2.75, 3.05) is 5.32 Å². The first-order valence-corrected chi connectivity index (χ1v) is 9.63. The number of nitrogens with one attached hydrogen (secondary N) is 2. The van der Waals surface area contributed by atoms with Gasteiger partial charge in [0.2, 0.25) is 5.89 Å². The van der Waals surface area contributed by atoms with Gasteiger partial charge in [0.05, 0.1) is 10.6 Å². The monoisotopic (exact) mass is 421 g/mol. The lowest BCUT2D eigenvalue weighted by atomic mass is 10.2. The standard InChI is InChI=1S/C22H16ClN3O2S/c1-13-9-10-19-18(11-13)25-21(28-19)14-5-4-6-15(12-14)24-22(29)26-20(27)16-7-2-3-8-17(16)23/h2-12H,1H3,(H2,24,26,27,29). The van der Waals surface area contributed by atoms with Gasteiger partial charge in [0.25, 0.3) is 5.91 Å². The molecule has 29 heavy (non-hydrogen) atoms. The number of oxazole rings is 1. The van der Waals surface area contributed by atoms with Crippen LogP contribution in [0.15, 0.2) is 71.1 Å². The Morgan fingerprint density at radius 3 is 2.72 bits per heavy atom. The zero-order valence-corrected chi connectivity index (χ0v) is 17.0. The van der Waals surface area contributed by atoms with Crippen LogP contribution in [0.2, 0.25) is 5.02 Å². The van der Waals surface area contributed by atoms with Crippen molar-refractivity contribution >= 4 is 51.6 Å². The SMILES string of the molecule is Cc1ccc2oc(-c3cccc(NC(=S)NC(=O)c4ccccc4Cl)c3)nc2c1. The van der Waals surface area contributed by atoms with Crippen molar-refractivity contribution in [3.05, 3.63) is 82.9 Å².